The minimum Gasteiger partial charge on any atom is -0.373 e. The Hall–Kier alpha value is 0.270. The van der Waals surface area contributed by atoms with Crippen molar-refractivity contribution in [3.8, 4) is 0 Å². The van der Waals surface area contributed by atoms with Gasteiger partial charge in [-0.05, 0) is 20.3 Å². The minimum atomic E-state index is 0.461. The molecule has 0 N–H and O–H groups in total. The van der Waals surface area contributed by atoms with Crippen LogP contribution in [0, 0.1) is 0 Å². The molecule has 0 bridgehead atoms. The van der Waals surface area contributed by atoms with Crippen LogP contribution in [-0.2, 0) is 4.74 Å². The lowest BCUT2D eigenvalue weighted by Gasteiger charge is -2.37. The Balaban J connectivity index is 1.71. The van der Waals surface area contributed by atoms with Gasteiger partial charge in [0.05, 0.1) is 12.7 Å². The van der Waals surface area contributed by atoms with E-state index in [1.54, 1.807) is 0 Å². The van der Waals surface area contributed by atoms with Crippen molar-refractivity contribution in [2.24, 2.45) is 0 Å². The Morgan fingerprint density at radius 1 is 1.54 bits per heavy atom. The standard InChI is InChI=1S/C10H19NOS/c1-10(2)8-11(5-6-13-10)4-3-9-7-12-9/h9H,3-8H2,1-2H3. The molecule has 2 aliphatic heterocycles. The van der Waals surface area contributed by atoms with E-state index in [9.17, 15) is 0 Å². The van der Waals surface area contributed by atoms with Crippen molar-refractivity contribution in [1.29, 1.82) is 0 Å². The molecule has 1 unspecified atom stereocenters. The summed E-state index contributed by atoms with van der Waals surface area (Å²) < 4.78 is 5.68. The van der Waals surface area contributed by atoms with Gasteiger partial charge in [0.15, 0.2) is 0 Å². The third-order valence-electron chi connectivity index (χ3n) is 2.67. The molecule has 76 valence electrons. The maximum Gasteiger partial charge on any atom is 0.0822 e. The molecule has 2 fully saturated rings. The van der Waals surface area contributed by atoms with E-state index in [0.717, 1.165) is 6.61 Å². The number of hydrogen-bond acceptors (Lipinski definition) is 3. The van der Waals surface area contributed by atoms with Gasteiger partial charge in [-0.25, -0.2) is 0 Å². The highest BCUT2D eigenvalue weighted by Crippen LogP contribution is 2.29. The average Bonchev–Trinajstić information content (AvgIpc) is 2.82. The van der Waals surface area contributed by atoms with Crippen molar-refractivity contribution in [2.45, 2.75) is 31.1 Å². The van der Waals surface area contributed by atoms with Gasteiger partial charge >= 0.3 is 0 Å². The monoisotopic (exact) mass is 201 g/mol. The quantitative estimate of drug-likeness (QED) is 0.645. The summed E-state index contributed by atoms with van der Waals surface area (Å²) in [7, 11) is 0. The summed E-state index contributed by atoms with van der Waals surface area (Å²) in [5, 5.41) is 0. The Morgan fingerprint density at radius 3 is 2.92 bits per heavy atom. The molecule has 0 radical (unpaired) electrons. The maximum atomic E-state index is 5.22. The van der Waals surface area contributed by atoms with Crippen molar-refractivity contribution in [3.05, 3.63) is 0 Å². The van der Waals surface area contributed by atoms with Gasteiger partial charge < -0.3 is 9.64 Å². The van der Waals surface area contributed by atoms with E-state index >= 15 is 0 Å². The molecule has 2 rings (SSSR count). The molecule has 2 saturated heterocycles. The lowest BCUT2D eigenvalue weighted by Crippen LogP contribution is -2.43. The van der Waals surface area contributed by atoms with Crippen LogP contribution in [0.2, 0.25) is 0 Å². The molecule has 0 aliphatic carbocycles. The van der Waals surface area contributed by atoms with Gasteiger partial charge in [-0.15, -0.1) is 0 Å². The Morgan fingerprint density at radius 2 is 2.31 bits per heavy atom. The van der Waals surface area contributed by atoms with Crippen LogP contribution < -0.4 is 0 Å². The number of rotatable bonds is 3. The van der Waals surface area contributed by atoms with Gasteiger partial charge in [-0.1, -0.05) is 0 Å². The molecule has 0 aromatic carbocycles. The van der Waals surface area contributed by atoms with Crippen molar-refractivity contribution in [2.75, 3.05) is 32.0 Å². The van der Waals surface area contributed by atoms with Crippen molar-refractivity contribution in [3.63, 3.8) is 0 Å². The Labute approximate surface area is 85.0 Å². The van der Waals surface area contributed by atoms with Gasteiger partial charge in [0, 0.05) is 30.1 Å². The second-order valence-corrected chi connectivity index (χ2v) is 6.43. The van der Waals surface area contributed by atoms with Crippen LogP contribution in [0.1, 0.15) is 20.3 Å². The highest BCUT2D eigenvalue weighted by atomic mass is 32.2. The van der Waals surface area contributed by atoms with Crippen LogP contribution >= 0.6 is 11.8 Å². The van der Waals surface area contributed by atoms with Crippen LogP contribution in [0.5, 0.6) is 0 Å². The summed E-state index contributed by atoms with van der Waals surface area (Å²) in [6.07, 6.45) is 1.83. The molecular weight excluding hydrogens is 182 g/mol. The number of ether oxygens (including phenoxy) is 1. The van der Waals surface area contributed by atoms with Crippen LogP contribution in [0.15, 0.2) is 0 Å². The van der Waals surface area contributed by atoms with Crippen molar-refractivity contribution < 1.29 is 4.74 Å². The molecule has 0 aromatic heterocycles. The predicted molar refractivity (Wildman–Crippen MR) is 57.3 cm³/mol. The minimum absolute atomic E-state index is 0.461. The molecule has 2 nitrogen and oxygen atoms in total. The summed E-state index contributed by atoms with van der Waals surface area (Å²) in [6, 6.07) is 0. The van der Waals surface area contributed by atoms with Gasteiger partial charge in [0.2, 0.25) is 0 Å². The fourth-order valence-corrected chi connectivity index (χ4v) is 3.04. The van der Waals surface area contributed by atoms with Crippen molar-refractivity contribution >= 4 is 11.8 Å². The first-order valence-corrected chi connectivity index (χ1v) is 6.12. The summed E-state index contributed by atoms with van der Waals surface area (Å²) in [5.74, 6) is 1.29. The molecule has 0 saturated carbocycles. The largest absolute Gasteiger partial charge is 0.373 e. The highest BCUT2D eigenvalue weighted by Gasteiger charge is 2.28. The van der Waals surface area contributed by atoms with Crippen LogP contribution in [0.25, 0.3) is 0 Å². The molecular formula is C10H19NOS. The summed E-state index contributed by atoms with van der Waals surface area (Å²) in [4.78, 5) is 2.58. The molecule has 0 amide bonds. The van der Waals surface area contributed by atoms with E-state index in [-0.39, 0.29) is 0 Å². The Kier molecular flexibility index (Phi) is 2.86. The average molecular weight is 201 g/mol. The van der Waals surface area contributed by atoms with Crippen molar-refractivity contribution in [1.82, 2.24) is 4.90 Å². The van der Waals surface area contributed by atoms with Gasteiger partial charge in [0.25, 0.3) is 0 Å². The third-order valence-corrected chi connectivity index (χ3v) is 3.97. The second kappa shape index (κ2) is 3.79. The van der Waals surface area contributed by atoms with E-state index in [0.29, 0.717) is 10.9 Å². The molecule has 2 heterocycles. The van der Waals surface area contributed by atoms with E-state index in [2.05, 4.69) is 30.5 Å². The zero-order valence-electron chi connectivity index (χ0n) is 8.58. The van der Waals surface area contributed by atoms with Gasteiger partial charge in [0.1, 0.15) is 0 Å². The summed E-state index contributed by atoms with van der Waals surface area (Å²) in [6.45, 7) is 9.43. The van der Waals surface area contributed by atoms with E-state index < -0.39 is 0 Å². The number of epoxide rings is 1. The highest BCUT2D eigenvalue weighted by molar-refractivity contribution is 8.00. The second-order valence-electron chi connectivity index (χ2n) is 4.63. The van der Waals surface area contributed by atoms with Crippen LogP contribution in [0.4, 0.5) is 0 Å². The summed E-state index contributed by atoms with van der Waals surface area (Å²) >= 11 is 2.10. The lowest BCUT2D eigenvalue weighted by atomic mass is 10.1. The smallest absolute Gasteiger partial charge is 0.0822 e. The normalized spacial score (nSPS) is 33.2. The first-order valence-electron chi connectivity index (χ1n) is 5.14. The maximum absolute atomic E-state index is 5.22. The van der Waals surface area contributed by atoms with Gasteiger partial charge in [-0.3, -0.25) is 0 Å². The van der Waals surface area contributed by atoms with Crippen LogP contribution in [0.3, 0.4) is 0 Å². The fourth-order valence-electron chi connectivity index (χ4n) is 1.87. The van der Waals surface area contributed by atoms with Crippen LogP contribution in [-0.4, -0.2) is 47.7 Å². The number of thioether (sulfide) groups is 1. The predicted octanol–water partition coefficient (Wildman–Crippen LogP) is 1.60. The molecule has 0 aromatic rings. The molecule has 1 atom stereocenters. The molecule has 0 spiro atoms. The Bertz CT molecular complexity index is 180. The third kappa shape index (κ3) is 3.15. The topological polar surface area (TPSA) is 15.8 Å². The molecule has 3 heteroatoms. The van der Waals surface area contributed by atoms with Gasteiger partial charge in [-0.2, -0.15) is 11.8 Å². The van der Waals surface area contributed by atoms with E-state index in [4.69, 9.17) is 4.74 Å². The fraction of sp³-hybridized carbons (Fsp3) is 1.00. The van der Waals surface area contributed by atoms with E-state index in [1.807, 2.05) is 0 Å². The van der Waals surface area contributed by atoms with E-state index in [1.165, 1.54) is 31.8 Å². The first kappa shape index (κ1) is 9.81. The molecule has 2 aliphatic rings. The zero-order chi connectivity index (χ0) is 9.31. The zero-order valence-corrected chi connectivity index (χ0v) is 9.40. The summed E-state index contributed by atoms with van der Waals surface area (Å²) in [5.41, 5.74) is 0. The number of nitrogens with zero attached hydrogens (tertiary/aromatic N) is 1. The molecule has 13 heavy (non-hydrogen) atoms. The first-order chi connectivity index (χ1) is 6.16. The lowest BCUT2D eigenvalue weighted by molar-refractivity contribution is 0.245. The SMILES string of the molecule is CC1(C)CN(CCC2CO2)CCS1. The number of hydrogen-bond donors (Lipinski definition) is 0.